The second-order valence-corrected chi connectivity index (χ2v) is 8.59. The number of aryl methyl sites for hydroxylation is 1. The molecule has 0 amide bonds. The minimum Gasteiger partial charge on any atom is -0.373 e. The van der Waals surface area contributed by atoms with Gasteiger partial charge in [0.25, 0.3) is 0 Å². The molecule has 0 aromatic carbocycles. The summed E-state index contributed by atoms with van der Waals surface area (Å²) in [6, 6.07) is 0.550. The van der Waals surface area contributed by atoms with Crippen molar-refractivity contribution in [3.05, 3.63) is 48.0 Å². The second kappa shape index (κ2) is 11.4. The Morgan fingerprint density at radius 1 is 1.31 bits per heavy atom. The Kier molecular flexibility index (Phi) is 9.22. The first-order valence-electron chi connectivity index (χ1n) is 11.3. The molecule has 4 nitrogen and oxygen atoms in total. The summed E-state index contributed by atoms with van der Waals surface area (Å²) in [4.78, 5) is 2.59. The van der Waals surface area contributed by atoms with Crippen molar-refractivity contribution in [1.82, 2.24) is 14.7 Å². The lowest BCUT2D eigenvalue weighted by Crippen LogP contribution is -2.44. The predicted molar refractivity (Wildman–Crippen MR) is 124 cm³/mol. The zero-order chi connectivity index (χ0) is 21.4. The van der Waals surface area contributed by atoms with E-state index in [1.165, 1.54) is 48.9 Å². The molecule has 0 N–H and O–H groups in total. The van der Waals surface area contributed by atoms with Gasteiger partial charge in [-0.1, -0.05) is 45.8 Å². The van der Waals surface area contributed by atoms with Gasteiger partial charge in [0.05, 0.1) is 18.4 Å². The minimum absolute atomic E-state index is 0.215. The molecule has 1 aromatic rings. The van der Waals surface area contributed by atoms with Crippen LogP contribution in [0.4, 0.5) is 0 Å². The molecule has 1 aliphatic heterocycles. The zero-order valence-corrected chi connectivity index (χ0v) is 19.4. The fourth-order valence-corrected chi connectivity index (χ4v) is 4.32. The molecule has 0 spiro atoms. The second-order valence-electron chi connectivity index (χ2n) is 8.59. The molecule has 29 heavy (non-hydrogen) atoms. The number of hydrogen-bond acceptors (Lipinski definition) is 3. The van der Waals surface area contributed by atoms with Crippen LogP contribution in [0.5, 0.6) is 0 Å². The van der Waals surface area contributed by atoms with Gasteiger partial charge >= 0.3 is 0 Å². The van der Waals surface area contributed by atoms with Gasteiger partial charge < -0.3 is 9.64 Å². The first-order chi connectivity index (χ1) is 13.9. The molecule has 0 bridgehead atoms. The number of rotatable bonds is 11. The van der Waals surface area contributed by atoms with Gasteiger partial charge in [-0.25, -0.2) is 0 Å². The van der Waals surface area contributed by atoms with Gasteiger partial charge in [0.15, 0.2) is 0 Å². The van der Waals surface area contributed by atoms with Crippen LogP contribution in [0.3, 0.4) is 0 Å². The van der Waals surface area contributed by atoms with E-state index in [-0.39, 0.29) is 12.2 Å². The van der Waals surface area contributed by atoms with Crippen LogP contribution >= 0.6 is 0 Å². The van der Waals surface area contributed by atoms with Gasteiger partial charge in [0.2, 0.25) is 0 Å². The fourth-order valence-electron chi connectivity index (χ4n) is 4.32. The number of nitrogens with zero attached hydrogens (tertiary/aromatic N) is 3. The predicted octanol–water partition coefficient (Wildman–Crippen LogP) is 6.12. The topological polar surface area (TPSA) is 30.3 Å². The van der Waals surface area contributed by atoms with Crippen molar-refractivity contribution in [3.63, 3.8) is 0 Å². The molecule has 2 atom stereocenters. The summed E-state index contributed by atoms with van der Waals surface area (Å²) in [6.45, 7) is 16.1. The molecular formula is C25H41N3O. The quantitative estimate of drug-likeness (QED) is 0.449. The minimum atomic E-state index is 0.215. The van der Waals surface area contributed by atoms with Gasteiger partial charge in [0, 0.05) is 43.5 Å². The van der Waals surface area contributed by atoms with E-state index in [9.17, 15) is 0 Å². The Labute approximate surface area is 178 Å². The molecule has 0 fully saturated rings. The smallest absolute Gasteiger partial charge is 0.0794 e. The summed E-state index contributed by atoms with van der Waals surface area (Å²) in [5, 5.41) is 4.33. The van der Waals surface area contributed by atoms with E-state index >= 15 is 0 Å². The summed E-state index contributed by atoms with van der Waals surface area (Å²) in [6.07, 6.45) is 15.9. The van der Waals surface area contributed by atoms with Crippen LogP contribution in [0.2, 0.25) is 0 Å². The summed E-state index contributed by atoms with van der Waals surface area (Å²) in [7, 11) is 1.96. The average Bonchev–Trinajstić information content (AvgIpc) is 3.11. The van der Waals surface area contributed by atoms with E-state index in [0.29, 0.717) is 6.04 Å². The number of allylic oxidation sites excluding steroid dienone is 3. The molecule has 4 heteroatoms. The molecule has 162 valence electrons. The Balaban J connectivity index is 2.43. The maximum absolute atomic E-state index is 6.31. The van der Waals surface area contributed by atoms with Gasteiger partial charge in [0.1, 0.15) is 0 Å². The number of ether oxygens (including phenoxy) is 1. The van der Waals surface area contributed by atoms with Crippen LogP contribution < -0.4 is 0 Å². The van der Waals surface area contributed by atoms with E-state index < -0.39 is 0 Å². The highest BCUT2D eigenvalue weighted by Crippen LogP contribution is 2.32. The number of aromatic nitrogens is 2. The van der Waals surface area contributed by atoms with Crippen molar-refractivity contribution in [2.75, 3.05) is 6.54 Å². The summed E-state index contributed by atoms with van der Waals surface area (Å²) < 4.78 is 8.17. The lowest BCUT2D eigenvalue weighted by Gasteiger charge is -2.42. The maximum atomic E-state index is 6.31. The molecular weight excluding hydrogens is 358 g/mol. The Hall–Kier alpha value is -1.81. The Bertz CT molecular complexity index is 713. The van der Waals surface area contributed by atoms with E-state index in [1.807, 2.05) is 17.9 Å². The fraction of sp³-hybridized carbons (Fsp3) is 0.640. The van der Waals surface area contributed by atoms with Crippen LogP contribution in [0.1, 0.15) is 78.7 Å². The first kappa shape index (κ1) is 23.5. The summed E-state index contributed by atoms with van der Waals surface area (Å²) in [5.41, 5.74) is 5.01. The zero-order valence-electron chi connectivity index (χ0n) is 19.4. The van der Waals surface area contributed by atoms with E-state index in [4.69, 9.17) is 4.74 Å². The van der Waals surface area contributed by atoms with Gasteiger partial charge in [-0.2, -0.15) is 5.10 Å². The monoisotopic (exact) mass is 399 g/mol. The lowest BCUT2D eigenvalue weighted by molar-refractivity contribution is -0.0190. The Morgan fingerprint density at radius 3 is 2.62 bits per heavy atom. The van der Waals surface area contributed by atoms with Crippen molar-refractivity contribution < 1.29 is 4.74 Å². The van der Waals surface area contributed by atoms with Crippen LogP contribution in [0, 0.1) is 0 Å². The van der Waals surface area contributed by atoms with Crippen LogP contribution in [0.25, 0.3) is 5.57 Å². The standard InChI is InChI=1S/C25H41N3O/c1-8-11-13-23(12-9-2)28-18-24(29-19(4)5)15-21(25(28)10-3)14-20(6)22-16-26-27(7)17-22/h10,14,16-17,19,23-24H,3,8-9,11-13,15,18H2,1-2,4-7H3/b20-14+. The number of hydrogen-bond donors (Lipinski definition) is 0. The maximum Gasteiger partial charge on any atom is 0.0794 e. The molecule has 0 saturated carbocycles. The third-order valence-electron chi connectivity index (χ3n) is 5.65. The molecule has 1 aliphatic rings. The molecule has 0 aliphatic carbocycles. The molecule has 2 rings (SSSR count). The molecule has 2 heterocycles. The third-order valence-corrected chi connectivity index (χ3v) is 5.65. The average molecular weight is 400 g/mol. The molecule has 0 radical (unpaired) electrons. The van der Waals surface area contributed by atoms with Crippen molar-refractivity contribution in [2.45, 2.75) is 91.4 Å². The summed E-state index contributed by atoms with van der Waals surface area (Å²) in [5.74, 6) is 0. The normalized spacial score (nSPS) is 19.2. The van der Waals surface area contributed by atoms with Crippen molar-refractivity contribution in [2.24, 2.45) is 7.05 Å². The highest BCUT2D eigenvalue weighted by atomic mass is 16.5. The van der Waals surface area contributed by atoms with Gasteiger partial charge in [-0.05, 0) is 50.8 Å². The molecule has 1 aromatic heterocycles. The molecule has 0 saturated heterocycles. The van der Waals surface area contributed by atoms with Gasteiger partial charge in [-0.3, -0.25) is 4.68 Å². The third kappa shape index (κ3) is 6.60. The number of unbranched alkanes of at least 4 members (excludes halogenated alkanes) is 1. The summed E-state index contributed by atoms with van der Waals surface area (Å²) >= 11 is 0. The van der Waals surface area contributed by atoms with Crippen molar-refractivity contribution in [1.29, 1.82) is 0 Å². The SMILES string of the molecule is C=CC1=C(/C=C(\C)c2cnn(C)c2)CC(OC(C)C)CN1C(CCC)CCCC. The highest BCUT2D eigenvalue weighted by Gasteiger charge is 2.30. The van der Waals surface area contributed by atoms with Crippen molar-refractivity contribution in [3.8, 4) is 0 Å². The lowest BCUT2D eigenvalue weighted by atomic mass is 9.92. The van der Waals surface area contributed by atoms with Crippen molar-refractivity contribution >= 4 is 5.57 Å². The van der Waals surface area contributed by atoms with E-state index in [1.54, 1.807) is 0 Å². The highest BCUT2D eigenvalue weighted by molar-refractivity contribution is 5.66. The van der Waals surface area contributed by atoms with Crippen LogP contribution in [-0.2, 0) is 11.8 Å². The van der Waals surface area contributed by atoms with Crippen LogP contribution in [-0.4, -0.2) is 39.5 Å². The van der Waals surface area contributed by atoms with E-state index in [0.717, 1.165) is 18.5 Å². The largest absolute Gasteiger partial charge is 0.373 e. The molecule has 2 unspecified atom stereocenters. The van der Waals surface area contributed by atoms with E-state index in [2.05, 4.69) is 69.5 Å². The van der Waals surface area contributed by atoms with Crippen LogP contribution in [0.15, 0.2) is 42.4 Å². The Morgan fingerprint density at radius 2 is 2.07 bits per heavy atom. The van der Waals surface area contributed by atoms with Gasteiger partial charge in [-0.15, -0.1) is 0 Å². The first-order valence-corrected chi connectivity index (χ1v) is 11.3.